The normalized spacial score (nSPS) is 15.6. The second-order valence-electron chi connectivity index (χ2n) is 4.28. The smallest absolute Gasteiger partial charge is 0.389 e. The van der Waals surface area contributed by atoms with Crippen LogP contribution in [-0.4, -0.2) is 33.9 Å². The van der Waals surface area contributed by atoms with Crippen molar-refractivity contribution < 1.29 is 29.6 Å². The van der Waals surface area contributed by atoms with Crippen LogP contribution in [0.4, 0.5) is 0 Å². The van der Waals surface area contributed by atoms with Crippen molar-refractivity contribution in [2.75, 3.05) is 0 Å². The molecule has 6 nitrogen and oxygen atoms in total. The van der Waals surface area contributed by atoms with Crippen molar-refractivity contribution in [3.63, 3.8) is 0 Å². The van der Waals surface area contributed by atoms with Crippen LogP contribution < -0.4 is 0 Å². The van der Waals surface area contributed by atoms with Crippen LogP contribution in [0, 0.1) is 0 Å². The van der Waals surface area contributed by atoms with Crippen LogP contribution in [0.2, 0.25) is 0 Å². The molecule has 0 aliphatic heterocycles. The molecular weight excluding hydrogens is 240 g/mol. The molecule has 2 atom stereocenters. The summed E-state index contributed by atoms with van der Waals surface area (Å²) in [5, 5.41) is 20.0. The molecule has 0 bridgehead atoms. The second kappa shape index (κ2) is 8.05. The van der Waals surface area contributed by atoms with E-state index in [0.717, 1.165) is 13.3 Å². The average Bonchev–Trinajstić information content (AvgIpc) is 2.33. The van der Waals surface area contributed by atoms with Gasteiger partial charge in [0.25, 0.3) is 0 Å². The van der Waals surface area contributed by atoms with Gasteiger partial charge in [-0.15, -0.1) is 0 Å². The Morgan fingerprint density at radius 2 is 1.83 bits per heavy atom. The summed E-state index contributed by atoms with van der Waals surface area (Å²) in [7, 11) is 0. The Hall–Kier alpha value is -1.14. The van der Waals surface area contributed by atoms with E-state index >= 15 is 0 Å². The van der Waals surface area contributed by atoms with Gasteiger partial charge in [-0.1, -0.05) is 33.1 Å². The van der Waals surface area contributed by atoms with E-state index in [0.29, 0.717) is 12.8 Å². The zero-order chi connectivity index (χ0) is 14.2. The van der Waals surface area contributed by atoms with Gasteiger partial charge in [-0.25, -0.2) is 19.4 Å². The minimum atomic E-state index is -2.03. The van der Waals surface area contributed by atoms with Gasteiger partial charge in [-0.05, 0) is 12.8 Å². The molecule has 2 unspecified atom stereocenters. The van der Waals surface area contributed by atoms with Crippen LogP contribution >= 0.6 is 0 Å². The molecule has 0 aromatic carbocycles. The van der Waals surface area contributed by atoms with Gasteiger partial charge in [0.15, 0.2) is 5.60 Å². The van der Waals surface area contributed by atoms with Gasteiger partial charge in [0.2, 0.25) is 0 Å². The third kappa shape index (κ3) is 5.01. The number of hydrogen-bond donors (Lipinski definition) is 2. The minimum absolute atomic E-state index is 0.0603. The highest BCUT2D eigenvalue weighted by Crippen LogP contribution is 2.24. The SMILES string of the molecule is CCCCC(O)(C(=O)OOC(C)=O)C(O)CCC. The average molecular weight is 262 g/mol. The number of aliphatic hydroxyl groups excluding tert-OH is 1. The number of hydrogen-bond acceptors (Lipinski definition) is 6. The predicted molar refractivity (Wildman–Crippen MR) is 63.2 cm³/mol. The molecule has 0 spiro atoms. The Balaban J connectivity index is 4.72. The van der Waals surface area contributed by atoms with Crippen LogP contribution in [0.3, 0.4) is 0 Å². The Kier molecular flexibility index (Phi) is 7.54. The fourth-order valence-corrected chi connectivity index (χ4v) is 1.53. The van der Waals surface area contributed by atoms with Gasteiger partial charge >= 0.3 is 11.9 Å². The summed E-state index contributed by atoms with van der Waals surface area (Å²) in [4.78, 5) is 30.6. The molecule has 0 rings (SSSR count). The molecule has 18 heavy (non-hydrogen) atoms. The highest BCUT2D eigenvalue weighted by Gasteiger charge is 2.45. The number of rotatable bonds is 7. The summed E-state index contributed by atoms with van der Waals surface area (Å²) in [6.07, 6.45) is 0.988. The summed E-state index contributed by atoms with van der Waals surface area (Å²) in [5.41, 5.74) is -2.03. The van der Waals surface area contributed by atoms with E-state index in [1.165, 1.54) is 0 Å². The minimum Gasteiger partial charge on any atom is -0.389 e. The van der Waals surface area contributed by atoms with Crippen LogP contribution in [0.1, 0.15) is 52.9 Å². The first kappa shape index (κ1) is 16.9. The van der Waals surface area contributed by atoms with E-state index in [1.54, 1.807) is 0 Å². The van der Waals surface area contributed by atoms with Crippen molar-refractivity contribution >= 4 is 11.9 Å². The Bertz CT molecular complexity index is 278. The van der Waals surface area contributed by atoms with E-state index in [-0.39, 0.29) is 12.8 Å². The molecule has 0 radical (unpaired) electrons. The van der Waals surface area contributed by atoms with Crippen LogP contribution in [-0.2, 0) is 19.4 Å². The maximum atomic E-state index is 11.7. The summed E-state index contributed by atoms with van der Waals surface area (Å²) in [5.74, 6) is -1.93. The molecule has 0 saturated carbocycles. The fourth-order valence-electron chi connectivity index (χ4n) is 1.53. The largest absolute Gasteiger partial charge is 0.389 e. The van der Waals surface area contributed by atoms with Crippen molar-refractivity contribution in [2.24, 2.45) is 0 Å². The molecule has 0 amide bonds. The monoisotopic (exact) mass is 262 g/mol. The molecule has 106 valence electrons. The van der Waals surface area contributed by atoms with Gasteiger partial charge in [-0.2, -0.15) is 0 Å². The van der Waals surface area contributed by atoms with E-state index < -0.39 is 23.6 Å². The Morgan fingerprint density at radius 1 is 1.22 bits per heavy atom. The standard InChI is InChI=1S/C12H22O6/c1-4-6-8-12(16,10(14)7-5-2)11(15)18-17-9(3)13/h10,14,16H,4-8H2,1-3H3. The molecule has 0 fully saturated rings. The lowest BCUT2D eigenvalue weighted by Crippen LogP contribution is -2.50. The van der Waals surface area contributed by atoms with E-state index in [9.17, 15) is 19.8 Å². The van der Waals surface area contributed by atoms with Crippen molar-refractivity contribution in [3.05, 3.63) is 0 Å². The van der Waals surface area contributed by atoms with Crippen LogP contribution in [0.15, 0.2) is 0 Å². The van der Waals surface area contributed by atoms with Gasteiger partial charge in [0.05, 0.1) is 6.10 Å². The molecule has 2 N–H and O–H groups in total. The van der Waals surface area contributed by atoms with Gasteiger partial charge < -0.3 is 10.2 Å². The summed E-state index contributed by atoms with van der Waals surface area (Å²) in [6, 6.07) is 0. The molecule has 0 aromatic heterocycles. The number of carbonyl (C=O) groups excluding carboxylic acids is 2. The lowest BCUT2D eigenvalue weighted by Gasteiger charge is -2.29. The first-order valence-electron chi connectivity index (χ1n) is 6.18. The van der Waals surface area contributed by atoms with Crippen molar-refractivity contribution in [3.8, 4) is 0 Å². The number of aliphatic hydroxyl groups is 2. The Labute approximate surface area is 107 Å². The molecule has 0 aromatic rings. The molecule has 0 aliphatic rings. The van der Waals surface area contributed by atoms with Crippen molar-refractivity contribution in [1.82, 2.24) is 0 Å². The molecule has 0 aliphatic carbocycles. The molecular formula is C12H22O6. The zero-order valence-electron chi connectivity index (χ0n) is 11.1. The van der Waals surface area contributed by atoms with E-state index in [1.807, 2.05) is 13.8 Å². The fraction of sp³-hybridized carbons (Fsp3) is 0.833. The van der Waals surface area contributed by atoms with E-state index in [2.05, 4.69) is 9.78 Å². The van der Waals surface area contributed by atoms with Crippen molar-refractivity contribution in [1.29, 1.82) is 0 Å². The highest BCUT2D eigenvalue weighted by atomic mass is 17.2. The van der Waals surface area contributed by atoms with Gasteiger partial charge in [-0.3, -0.25) is 0 Å². The predicted octanol–water partition coefficient (Wildman–Crippen LogP) is 1.09. The zero-order valence-corrected chi connectivity index (χ0v) is 11.1. The van der Waals surface area contributed by atoms with Crippen LogP contribution in [0.5, 0.6) is 0 Å². The third-order valence-corrected chi connectivity index (χ3v) is 2.61. The third-order valence-electron chi connectivity index (χ3n) is 2.61. The Morgan fingerprint density at radius 3 is 2.28 bits per heavy atom. The maximum Gasteiger partial charge on any atom is 0.389 e. The lowest BCUT2D eigenvalue weighted by atomic mass is 9.88. The topological polar surface area (TPSA) is 93.1 Å². The summed E-state index contributed by atoms with van der Waals surface area (Å²) >= 11 is 0. The highest BCUT2D eigenvalue weighted by molar-refractivity contribution is 5.80. The lowest BCUT2D eigenvalue weighted by molar-refractivity contribution is -0.274. The molecule has 0 heterocycles. The summed E-state index contributed by atoms with van der Waals surface area (Å²) in [6.45, 7) is 4.78. The van der Waals surface area contributed by atoms with Crippen LogP contribution in [0.25, 0.3) is 0 Å². The second-order valence-corrected chi connectivity index (χ2v) is 4.28. The van der Waals surface area contributed by atoms with E-state index in [4.69, 9.17) is 0 Å². The first-order chi connectivity index (χ1) is 8.38. The molecule has 6 heteroatoms. The van der Waals surface area contributed by atoms with Gasteiger partial charge in [0, 0.05) is 6.92 Å². The van der Waals surface area contributed by atoms with Gasteiger partial charge in [0.1, 0.15) is 0 Å². The first-order valence-corrected chi connectivity index (χ1v) is 6.18. The quantitative estimate of drug-likeness (QED) is 0.527. The summed E-state index contributed by atoms with van der Waals surface area (Å²) < 4.78 is 0. The van der Waals surface area contributed by atoms with Crippen molar-refractivity contribution in [2.45, 2.75) is 64.6 Å². The number of carbonyl (C=O) groups is 2. The number of unbranched alkanes of at least 4 members (excludes halogenated alkanes) is 1. The maximum absolute atomic E-state index is 11.7. The molecule has 0 saturated heterocycles.